The van der Waals surface area contributed by atoms with E-state index in [0.717, 1.165) is 11.1 Å². The van der Waals surface area contributed by atoms with Crippen molar-refractivity contribution in [2.45, 2.75) is 13.2 Å². The summed E-state index contributed by atoms with van der Waals surface area (Å²) in [5.41, 5.74) is 2.62. The number of hydrogen-bond donors (Lipinski definition) is 1. The maximum atomic E-state index is 12.3. The van der Waals surface area contributed by atoms with Gasteiger partial charge in [0, 0.05) is 24.5 Å². The van der Waals surface area contributed by atoms with Crippen LogP contribution in [0.4, 0.5) is 0 Å². The Bertz CT molecular complexity index is 789. The van der Waals surface area contributed by atoms with E-state index >= 15 is 0 Å². The predicted molar refractivity (Wildman–Crippen MR) is 92.6 cm³/mol. The minimum atomic E-state index is -0.135. The van der Waals surface area contributed by atoms with Crippen LogP contribution in [0, 0.1) is 0 Å². The zero-order valence-corrected chi connectivity index (χ0v) is 13.2. The molecule has 0 saturated carbocycles. The zero-order chi connectivity index (χ0) is 16.6. The Morgan fingerprint density at radius 1 is 0.958 bits per heavy atom. The lowest BCUT2D eigenvalue weighted by Crippen LogP contribution is -2.22. The molecule has 120 valence electrons. The van der Waals surface area contributed by atoms with Crippen LogP contribution in [-0.4, -0.2) is 10.9 Å². The highest BCUT2D eigenvalue weighted by atomic mass is 16.5. The van der Waals surface area contributed by atoms with E-state index in [4.69, 9.17) is 4.74 Å². The van der Waals surface area contributed by atoms with Gasteiger partial charge in [0.1, 0.15) is 12.4 Å². The van der Waals surface area contributed by atoms with Gasteiger partial charge in [0.05, 0.1) is 0 Å². The maximum absolute atomic E-state index is 12.3. The average molecular weight is 318 g/mol. The number of carbonyl (C=O) groups is 1. The van der Waals surface area contributed by atoms with Gasteiger partial charge in [-0.1, -0.05) is 42.5 Å². The van der Waals surface area contributed by atoms with Crippen LogP contribution in [0.3, 0.4) is 0 Å². The van der Waals surface area contributed by atoms with Gasteiger partial charge in [-0.15, -0.1) is 0 Å². The van der Waals surface area contributed by atoms with Crippen LogP contribution in [0.2, 0.25) is 0 Å². The Labute approximate surface area is 141 Å². The highest BCUT2D eigenvalue weighted by Crippen LogP contribution is 2.15. The van der Waals surface area contributed by atoms with Crippen molar-refractivity contribution in [2.75, 3.05) is 0 Å². The van der Waals surface area contributed by atoms with Crippen LogP contribution in [0.5, 0.6) is 5.75 Å². The Morgan fingerprint density at radius 3 is 2.58 bits per heavy atom. The number of amides is 1. The molecule has 3 rings (SSSR count). The fraction of sp³-hybridized carbons (Fsp3) is 0.100. The van der Waals surface area contributed by atoms with Crippen LogP contribution < -0.4 is 10.1 Å². The Hall–Kier alpha value is -3.14. The summed E-state index contributed by atoms with van der Waals surface area (Å²) in [5.74, 6) is 0.539. The van der Waals surface area contributed by atoms with E-state index in [1.54, 1.807) is 24.5 Å². The van der Waals surface area contributed by atoms with Crippen molar-refractivity contribution in [2.24, 2.45) is 0 Å². The van der Waals surface area contributed by atoms with E-state index in [1.807, 2.05) is 54.6 Å². The smallest absolute Gasteiger partial charge is 0.251 e. The van der Waals surface area contributed by atoms with Crippen molar-refractivity contribution >= 4 is 5.91 Å². The van der Waals surface area contributed by atoms with E-state index in [0.29, 0.717) is 24.5 Å². The SMILES string of the molecule is O=C(NCc1cccnc1)c1cccc(OCc2ccccc2)c1. The second-order valence-electron chi connectivity index (χ2n) is 5.35. The van der Waals surface area contributed by atoms with Crippen molar-refractivity contribution in [1.82, 2.24) is 10.3 Å². The molecule has 0 unspecified atom stereocenters. The summed E-state index contributed by atoms with van der Waals surface area (Å²) in [6.07, 6.45) is 3.44. The fourth-order valence-corrected chi connectivity index (χ4v) is 2.26. The molecule has 0 spiro atoms. The first-order chi connectivity index (χ1) is 11.8. The molecule has 0 atom stereocenters. The molecule has 4 heteroatoms. The van der Waals surface area contributed by atoms with Crippen molar-refractivity contribution in [3.05, 3.63) is 95.8 Å². The third-order valence-corrected chi connectivity index (χ3v) is 3.52. The first-order valence-corrected chi connectivity index (χ1v) is 7.75. The van der Waals surface area contributed by atoms with Gasteiger partial charge in [0.25, 0.3) is 5.91 Å². The molecule has 0 aliphatic carbocycles. The number of nitrogens with zero attached hydrogens (tertiary/aromatic N) is 1. The summed E-state index contributed by atoms with van der Waals surface area (Å²) in [6, 6.07) is 20.9. The highest BCUT2D eigenvalue weighted by Gasteiger charge is 2.07. The average Bonchev–Trinajstić information content (AvgIpc) is 2.66. The largest absolute Gasteiger partial charge is 0.489 e. The van der Waals surface area contributed by atoms with Gasteiger partial charge in [-0.3, -0.25) is 9.78 Å². The first kappa shape index (κ1) is 15.7. The Balaban J connectivity index is 1.59. The van der Waals surface area contributed by atoms with Crippen LogP contribution in [0.25, 0.3) is 0 Å². The molecular weight excluding hydrogens is 300 g/mol. The van der Waals surface area contributed by atoms with Gasteiger partial charge in [0.2, 0.25) is 0 Å². The number of carbonyl (C=O) groups excluding carboxylic acids is 1. The van der Waals surface area contributed by atoms with Gasteiger partial charge < -0.3 is 10.1 Å². The van der Waals surface area contributed by atoms with E-state index in [-0.39, 0.29) is 5.91 Å². The van der Waals surface area contributed by atoms with E-state index in [9.17, 15) is 4.79 Å². The summed E-state index contributed by atoms with van der Waals surface area (Å²) >= 11 is 0. The molecule has 0 aliphatic rings. The molecule has 0 saturated heterocycles. The van der Waals surface area contributed by atoms with Crippen LogP contribution in [-0.2, 0) is 13.2 Å². The lowest BCUT2D eigenvalue weighted by molar-refractivity contribution is 0.0950. The van der Waals surface area contributed by atoms with Gasteiger partial charge in [0.15, 0.2) is 0 Å². The summed E-state index contributed by atoms with van der Waals surface area (Å²) in [4.78, 5) is 16.3. The highest BCUT2D eigenvalue weighted by molar-refractivity contribution is 5.94. The van der Waals surface area contributed by atoms with E-state index in [1.165, 1.54) is 0 Å². The van der Waals surface area contributed by atoms with Crippen LogP contribution >= 0.6 is 0 Å². The molecule has 0 radical (unpaired) electrons. The quantitative estimate of drug-likeness (QED) is 0.755. The first-order valence-electron chi connectivity index (χ1n) is 7.75. The van der Waals surface area contributed by atoms with Gasteiger partial charge >= 0.3 is 0 Å². The third kappa shape index (κ3) is 4.43. The predicted octanol–water partition coefficient (Wildman–Crippen LogP) is 3.59. The molecule has 0 bridgehead atoms. The van der Waals surface area contributed by atoms with Gasteiger partial charge in [-0.25, -0.2) is 0 Å². The summed E-state index contributed by atoms with van der Waals surface area (Å²) < 4.78 is 5.76. The third-order valence-electron chi connectivity index (χ3n) is 3.52. The number of ether oxygens (including phenoxy) is 1. The minimum Gasteiger partial charge on any atom is -0.489 e. The second-order valence-corrected chi connectivity index (χ2v) is 5.35. The molecule has 1 amide bonds. The van der Waals surface area contributed by atoms with Crippen molar-refractivity contribution in [1.29, 1.82) is 0 Å². The molecule has 24 heavy (non-hydrogen) atoms. The van der Waals surface area contributed by atoms with Gasteiger partial charge in [-0.2, -0.15) is 0 Å². The molecule has 1 heterocycles. The molecule has 4 nitrogen and oxygen atoms in total. The molecular formula is C20H18N2O2. The van der Waals surface area contributed by atoms with E-state index in [2.05, 4.69) is 10.3 Å². The monoisotopic (exact) mass is 318 g/mol. The van der Waals surface area contributed by atoms with Crippen LogP contribution in [0.1, 0.15) is 21.5 Å². The second kappa shape index (κ2) is 7.92. The summed E-state index contributed by atoms with van der Waals surface area (Å²) in [5, 5.41) is 2.88. The normalized spacial score (nSPS) is 10.2. The van der Waals surface area contributed by atoms with Gasteiger partial charge in [-0.05, 0) is 35.4 Å². The van der Waals surface area contributed by atoms with Crippen molar-refractivity contribution in [3.8, 4) is 5.75 Å². The van der Waals surface area contributed by atoms with Crippen molar-refractivity contribution < 1.29 is 9.53 Å². The van der Waals surface area contributed by atoms with Crippen LogP contribution in [0.15, 0.2) is 79.1 Å². The lowest BCUT2D eigenvalue weighted by Gasteiger charge is -2.09. The van der Waals surface area contributed by atoms with Crippen molar-refractivity contribution in [3.63, 3.8) is 0 Å². The number of aromatic nitrogens is 1. The fourth-order valence-electron chi connectivity index (χ4n) is 2.26. The standard InChI is InChI=1S/C20H18N2O2/c23-20(22-14-17-8-5-11-21-13-17)18-9-4-10-19(12-18)24-15-16-6-2-1-3-7-16/h1-13H,14-15H2,(H,22,23). The molecule has 0 fully saturated rings. The summed E-state index contributed by atoms with van der Waals surface area (Å²) in [7, 11) is 0. The summed E-state index contributed by atoms with van der Waals surface area (Å²) in [6.45, 7) is 0.920. The molecule has 1 aromatic heterocycles. The lowest BCUT2D eigenvalue weighted by atomic mass is 10.2. The van der Waals surface area contributed by atoms with E-state index < -0.39 is 0 Å². The zero-order valence-electron chi connectivity index (χ0n) is 13.2. The molecule has 3 aromatic rings. The topological polar surface area (TPSA) is 51.2 Å². The molecule has 2 aromatic carbocycles. The number of hydrogen-bond acceptors (Lipinski definition) is 3. The number of nitrogens with one attached hydrogen (secondary N) is 1. The molecule has 1 N–H and O–H groups in total. The maximum Gasteiger partial charge on any atom is 0.251 e. The Morgan fingerprint density at radius 2 is 1.79 bits per heavy atom. The number of benzene rings is 2. The number of pyridine rings is 1. The molecule has 0 aliphatic heterocycles. The number of rotatable bonds is 6. The Kier molecular flexibility index (Phi) is 5.20. The minimum absolute atomic E-state index is 0.135.